The van der Waals surface area contributed by atoms with Gasteiger partial charge in [-0.05, 0) is 37.1 Å². The van der Waals surface area contributed by atoms with Crippen LogP contribution in [0.3, 0.4) is 0 Å². The number of piperazine rings is 1. The smallest absolute Gasteiger partial charge is 0.253 e. The summed E-state index contributed by atoms with van der Waals surface area (Å²) >= 11 is 5.54. The van der Waals surface area contributed by atoms with E-state index in [0.717, 1.165) is 5.56 Å². The lowest BCUT2D eigenvalue weighted by Crippen LogP contribution is -2.51. The Bertz CT molecular complexity index is 523. The first-order valence-corrected chi connectivity index (χ1v) is 7.26. The van der Waals surface area contributed by atoms with Gasteiger partial charge in [0, 0.05) is 31.7 Å². The minimum absolute atomic E-state index is 0.00506. The topological polar surface area (TPSA) is 40.6 Å². The number of halogens is 1. The van der Waals surface area contributed by atoms with Crippen LogP contribution < -0.4 is 0 Å². The van der Waals surface area contributed by atoms with Crippen molar-refractivity contribution in [1.82, 2.24) is 9.80 Å². The van der Waals surface area contributed by atoms with Crippen molar-refractivity contribution in [2.24, 2.45) is 0 Å². The standard InChI is InChI=1S/C15H19ClN2O2/c1-11-3-4-13(9-12(11)2)15(20)18-7-5-17(6-8-18)14(19)10-16/h3-4,9H,5-8,10H2,1-2H3. The first-order valence-electron chi connectivity index (χ1n) is 6.73. The van der Waals surface area contributed by atoms with Gasteiger partial charge >= 0.3 is 0 Å². The van der Waals surface area contributed by atoms with Crippen molar-refractivity contribution in [3.63, 3.8) is 0 Å². The van der Waals surface area contributed by atoms with Crippen LogP contribution in [0.25, 0.3) is 0 Å². The summed E-state index contributed by atoms with van der Waals surface area (Å²) in [6.45, 7) is 6.27. The van der Waals surface area contributed by atoms with E-state index in [4.69, 9.17) is 11.6 Å². The fraction of sp³-hybridized carbons (Fsp3) is 0.467. The molecule has 1 aromatic rings. The number of benzene rings is 1. The zero-order valence-electron chi connectivity index (χ0n) is 11.9. The monoisotopic (exact) mass is 294 g/mol. The lowest BCUT2D eigenvalue weighted by Gasteiger charge is -2.34. The summed E-state index contributed by atoms with van der Waals surface area (Å²) in [6, 6.07) is 5.75. The second kappa shape index (κ2) is 6.27. The van der Waals surface area contributed by atoms with E-state index >= 15 is 0 Å². The Balaban J connectivity index is 2.01. The molecular weight excluding hydrogens is 276 g/mol. The lowest BCUT2D eigenvalue weighted by molar-refractivity contribution is -0.129. The van der Waals surface area contributed by atoms with E-state index in [-0.39, 0.29) is 17.7 Å². The second-order valence-electron chi connectivity index (χ2n) is 5.11. The van der Waals surface area contributed by atoms with Crippen LogP contribution in [0.15, 0.2) is 18.2 Å². The quantitative estimate of drug-likeness (QED) is 0.781. The molecule has 0 aliphatic carbocycles. The van der Waals surface area contributed by atoms with Gasteiger partial charge in [0.15, 0.2) is 0 Å². The maximum Gasteiger partial charge on any atom is 0.253 e. The lowest BCUT2D eigenvalue weighted by atomic mass is 10.1. The summed E-state index contributed by atoms with van der Waals surface area (Å²) in [6.07, 6.45) is 0. The fourth-order valence-corrected chi connectivity index (χ4v) is 2.47. The number of alkyl halides is 1. The van der Waals surface area contributed by atoms with Gasteiger partial charge in [-0.3, -0.25) is 9.59 Å². The maximum absolute atomic E-state index is 12.4. The van der Waals surface area contributed by atoms with E-state index in [1.165, 1.54) is 5.56 Å². The summed E-state index contributed by atoms with van der Waals surface area (Å²) in [7, 11) is 0. The van der Waals surface area contributed by atoms with Crippen molar-refractivity contribution in [1.29, 1.82) is 0 Å². The number of aryl methyl sites for hydroxylation is 2. The summed E-state index contributed by atoms with van der Waals surface area (Å²) in [5.74, 6) is -0.0264. The van der Waals surface area contributed by atoms with Gasteiger partial charge in [0.1, 0.15) is 5.88 Å². The van der Waals surface area contributed by atoms with Crippen LogP contribution in [0.2, 0.25) is 0 Å². The third-order valence-corrected chi connectivity index (χ3v) is 4.02. The maximum atomic E-state index is 12.4. The third-order valence-electron chi connectivity index (χ3n) is 3.79. The molecule has 0 spiro atoms. The number of carbonyl (C=O) groups is 2. The van der Waals surface area contributed by atoms with Crippen LogP contribution in [0.1, 0.15) is 21.5 Å². The Morgan fingerprint density at radius 2 is 1.65 bits per heavy atom. The molecule has 4 nitrogen and oxygen atoms in total. The van der Waals surface area contributed by atoms with Gasteiger partial charge in [-0.25, -0.2) is 0 Å². The molecule has 0 radical (unpaired) electrons. The van der Waals surface area contributed by atoms with Crippen molar-refractivity contribution in [2.45, 2.75) is 13.8 Å². The molecule has 0 unspecified atom stereocenters. The normalized spacial score (nSPS) is 15.3. The molecule has 0 atom stereocenters. The highest BCUT2D eigenvalue weighted by Gasteiger charge is 2.24. The zero-order valence-corrected chi connectivity index (χ0v) is 12.6. The molecule has 0 N–H and O–H groups in total. The molecule has 5 heteroatoms. The molecule has 1 aromatic carbocycles. The molecule has 20 heavy (non-hydrogen) atoms. The van der Waals surface area contributed by atoms with E-state index in [1.54, 1.807) is 9.80 Å². The molecular formula is C15H19ClN2O2. The number of carbonyl (C=O) groups excluding carboxylic acids is 2. The summed E-state index contributed by atoms with van der Waals surface area (Å²) in [4.78, 5) is 27.4. The van der Waals surface area contributed by atoms with Crippen LogP contribution in [0, 0.1) is 13.8 Å². The third kappa shape index (κ3) is 3.12. The van der Waals surface area contributed by atoms with Crippen LogP contribution >= 0.6 is 11.6 Å². The SMILES string of the molecule is Cc1ccc(C(=O)N2CCN(C(=O)CCl)CC2)cc1C. The number of hydrogen-bond donors (Lipinski definition) is 0. The molecule has 1 aliphatic rings. The van der Waals surface area contributed by atoms with E-state index in [2.05, 4.69) is 0 Å². The Morgan fingerprint density at radius 1 is 1.05 bits per heavy atom. The van der Waals surface area contributed by atoms with Gasteiger partial charge in [-0.15, -0.1) is 11.6 Å². The van der Waals surface area contributed by atoms with Gasteiger partial charge in [0.2, 0.25) is 5.91 Å². The van der Waals surface area contributed by atoms with Gasteiger partial charge in [-0.2, -0.15) is 0 Å². The highest BCUT2D eigenvalue weighted by atomic mass is 35.5. The average Bonchev–Trinajstić information content (AvgIpc) is 2.48. The second-order valence-corrected chi connectivity index (χ2v) is 5.37. The van der Waals surface area contributed by atoms with Crippen molar-refractivity contribution in [2.75, 3.05) is 32.1 Å². The molecule has 1 saturated heterocycles. The van der Waals surface area contributed by atoms with Gasteiger partial charge in [0.05, 0.1) is 0 Å². The molecule has 2 rings (SSSR count). The molecule has 1 heterocycles. The largest absolute Gasteiger partial charge is 0.338 e. The van der Waals surface area contributed by atoms with Crippen molar-refractivity contribution >= 4 is 23.4 Å². The predicted octanol–water partition coefficient (Wildman–Crippen LogP) is 1.83. The van der Waals surface area contributed by atoms with E-state index in [9.17, 15) is 9.59 Å². The van der Waals surface area contributed by atoms with Crippen LogP contribution in [0.4, 0.5) is 0 Å². The minimum Gasteiger partial charge on any atom is -0.338 e. The van der Waals surface area contributed by atoms with E-state index in [1.807, 2.05) is 32.0 Å². The minimum atomic E-state index is -0.0649. The van der Waals surface area contributed by atoms with E-state index in [0.29, 0.717) is 31.7 Å². The number of nitrogens with zero attached hydrogens (tertiary/aromatic N) is 2. The highest BCUT2D eigenvalue weighted by molar-refractivity contribution is 6.27. The molecule has 2 amide bonds. The Labute approximate surface area is 124 Å². The van der Waals surface area contributed by atoms with Crippen LogP contribution in [0.5, 0.6) is 0 Å². The van der Waals surface area contributed by atoms with Crippen LogP contribution in [-0.4, -0.2) is 53.7 Å². The Hall–Kier alpha value is -1.55. The van der Waals surface area contributed by atoms with Gasteiger partial charge in [-0.1, -0.05) is 6.07 Å². The molecule has 0 saturated carbocycles. The highest BCUT2D eigenvalue weighted by Crippen LogP contribution is 2.13. The summed E-state index contributed by atoms with van der Waals surface area (Å²) < 4.78 is 0. The Kier molecular flexibility index (Phi) is 4.65. The van der Waals surface area contributed by atoms with Crippen molar-refractivity contribution in [3.05, 3.63) is 34.9 Å². The van der Waals surface area contributed by atoms with Gasteiger partial charge < -0.3 is 9.80 Å². The molecule has 1 fully saturated rings. The summed E-state index contributed by atoms with van der Waals surface area (Å²) in [5, 5.41) is 0. The molecule has 1 aliphatic heterocycles. The molecule has 0 aromatic heterocycles. The van der Waals surface area contributed by atoms with Crippen LogP contribution in [-0.2, 0) is 4.79 Å². The first kappa shape index (κ1) is 14.9. The first-order chi connectivity index (χ1) is 9.52. The predicted molar refractivity (Wildman–Crippen MR) is 79.1 cm³/mol. The number of rotatable bonds is 2. The summed E-state index contributed by atoms with van der Waals surface area (Å²) in [5.41, 5.74) is 3.01. The van der Waals surface area contributed by atoms with Gasteiger partial charge in [0.25, 0.3) is 5.91 Å². The number of amides is 2. The molecule has 108 valence electrons. The average molecular weight is 295 g/mol. The fourth-order valence-electron chi connectivity index (χ4n) is 2.30. The number of hydrogen-bond acceptors (Lipinski definition) is 2. The van der Waals surface area contributed by atoms with E-state index < -0.39 is 0 Å². The molecule has 0 bridgehead atoms. The zero-order chi connectivity index (χ0) is 14.7. The van der Waals surface area contributed by atoms with Crippen molar-refractivity contribution < 1.29 is 9.59 Å². The Morgan fingerprint density at radius 3 is 2.20 bits per heavy atom. The van der Waals surface area contributed by atoms with Crippen molar-refractivity contribution in [3.8, 4) is 0 Å².